The summed E-state index contributed by atoms with van der Waals surface area (Å²) in [7, 11) is 0. The Kier molecular flexibility index (Phi) is 5.92. The molecule has 2 heterocycles. The van der Waals surface area contributed by atoms with Crippen molar-refractivity contribution in [2.45, 2.75) is 12.0 Å². The van der Waals surface area contributed by atoms with Gasteiger partial charge in [-0.1, -0.05) is 24.3 Å². The average molecular weight is 359 g/mol. The molecule has 26 heavy (non-hydrogen) atoms. The fourth-order valence-corrected chi connectivity index (χ4v) is 3.13. The van der Waals surface area contributed by atoms with Crippen molar-refractivity contribution in [1.29, 1.82) is 0 Å². The number of aliphatic hydroxyl groups is 1. The van der Waals surface area contributed by atoms with Crippen LogP contribution < -0.4 is 5.32 Å². The van der Waals surface area contributed by atoms with Gasteiger partial charge >= 0.3 is 0 Å². The Bertz CT molecular complexity index is 744. The topological polar surface area (TPSA) is 74.7 Å². The van der Waals surface area contributed by atoms with E-state index in [-0.39, 0.29) is 31.3 Å². The predicted molar refractivity (Wildman–Crippen MR) is 95.2 cm³/mol. The average Bonchev–Trinajstić information content (AvgIpc) is 2.65. The molecule has 0 radical (unpaired) electrons. The Morgan fingerprint density at radius 2 is 2.12 bits per heavy atom. The number of aromatic nitrogens is 1. The SMILES string of the molecule is O=C(CN1CCO[C@](CO)(Cc2ccccc2F)C1)Nc1ccccn1. The molecule has 0 bridgehead atoms. The van der Waals surface area contributed by atoms with Crippen LogP contribution in [0, 0.1) is 5.82 Å². The van der Waals surface area contributed by atoms with Gasteiger partial charge < -0.3 is 15.2 Å². The van der Waals surface area contributed by atoms with Crippen molar-refractivity contribution in [1.82, 2.24) is 9.88 Å². The maximum Gasteiger partial charge on any atom is 0.239 e. The zero-order chi connectivity index (χ0) is 18.4. The summed E-state index contributed by atoms with van der Waals surface area (Å²) in [5.41, 5.74) is -0.438. The van der Waals surface area contributed by atoms with Crippen molar-refractivity contribution in [2.24, 2.45) is 0 Å². The number of nitrogens with zero attached hydrogens (tertiary/aromatic N) is 2. The number of halogens is 1. The zero-order valence-electron chi connectivity index (χ0n) is 14.4. The molecule has 2 N–H and O–H groups in total. The monoisotopic (exact) mass is 359 g/mol. The normalized spacial score (nSPS) is 20.7. The van der Waals surface area contributed by atoms with Crippen LogP contribution in [-0.4, -0.2) is 59.3 Å². The molecule has 3 rings (SSSR count). The minimum absolute atomic E-state index is 0.152. The van der Waals surface area contributed by atoms with Gasteiger partial charge in [0.2, 0.25) is 5.91 Å². The number of hydrogen-bond acceptors (Lipinski definition) is 5. The highest BCUT2D eigenvalue weighted by Gasteiger charge is 2.37. The Balaban J connectivity index is 1.63. The molecule has 7 heteroatoms. The number of anilines is 1. The first-order valence-electron chi connectivity index (χ1n) is 8.52. The lowest BCUT2D eigenvalue weighted by molar-refractivity contribution is -0.139. The molecule has 1 aliphatic heterocycles. The molecule has 0 unspecified atom stereocenters. The molecule has 138 valence electrons. The Morgan fingerprint density at radius 1 is 1.31 bits per heavy atom. The molecule has 0 saturated carbocycles. The smallest absolute Gasteiger partial charge is 0.239 e. The third kappa shape index (κ3) is 4.63. The number of amides is 1. The third-order valence-corrected chi connectivity index (χ3v) is 4.39. The van der Waals surface area contributed by atoms with Crippen molar-refractivity contribution in [2.75, 3.05) is 38.2 Å². The summed E-state index contributed by atoms with van der Waals surface area (Å²) in [5, 5.41) is 12.6. The number of ether oxygens (including phenoxy) is 1. The van der Waals surface area contributed by atoms with Gasteiger partial charge in [-0.3, -0.25) is 9.69 Å². The number of pyridine rings is 1. The van der Waals surface area contributed by atoms with E-state index in [1.807, 2.05) is 4.90 Å². The van der Waals surface area contributed by atoms with Crippen LogP contribution in [-0.2, 0) is 16.0 Å². The van der Waals surface area contributed by atoms with E-state index < -0.39 is 5.60 Å². The molecular weight excluding hydrogens is 337 g/mol. The highest BCUT2D eigenvalue weighted by atomic mass is 19.1. The van der Waals surface area contributed by atoms with Crippen LogP contribution >= 0.6 is 0 Å². The van der Waals surface area contributed by atoms with Crippen molar-refractivity contribution < 1.29 is 19.0 Å². The molecule has 2 aromatic rings. The van der Waals surface area contributed by atoms with Gasteiger partial charge in [0.15, 0.2) is 0 Å². The summed E-state index contributed by atoms with van der Waals surface area (Å²) in [6.07, 6.45) is 1.85. The van der Waals surface area contributed by atoms with E-state index in [1.54, 1.807) is 42.6 Å². The van der Waals surface area contributed by atoms with Crippen LogP contribution in [0.15, 0.2) is 48.7 Å². The molecule has 0 aliphatic carbocycles. The summed E-state index contributed by atoms with van der Waals surface area (Å²) in [4.78, 5) is 18.2. The Morgan fingerprint density at radius 3 is 2.85 bits per heavy atom. The molecule has 1 aromatic heterocycles. The number of hydrogen-bond donors (Lipinski definition) is 2. The fraction of sp³-hybridized carbons (Fsp3) is 0.368. The van der Waals surface area contributed by atoms with Crippen LogP contribution in [0.3, 0.4) is 0 Å². The molecule has 1 saturated heterocycles. The number of morpholine rings is 1. The maximum atomic E-state index is 14.0. The van der Waals surface area contributed by atoms with Gasteiger partial charge in [-0.25, -0.2) is 9.37 Å². The zero-order valence-corrected chi connectivity index (χ0v) is 14.4. The van der Waals surface area contributed by atoms with Crippen LogP contribution in [0.5, 0.6) is 0 Å². The van der Waals surface area contributed by atoms with Gasteiger partial charge in [-0.15, -0.1) is 0 Å². The summed E-state index contributed by atoms with van der Waals surface area (Å²) in [5.74, 6) is -0.0252. The number of aliphatic hydroxyl groups excluding tert-OH is 1. The van der Waals surface area contributed by atoms with E-state index in [1.165, 1.54) is 6.07 Å². The third-order valence-electron chi connectivity index (χ3n) is 4.39. The largest absolute Gasteiger partial charge is 0.393 e. The summed E-state index contributed by atoms with van der Waals surface area (Å²) in [6, 6.07) is 11.7. The van der Waals surface area contributed by atoms with E-state index in [4.69, 9.17) is 4.74 Å². The molecule has 6 nitrogen and oxygen atoms in total. The number of benzene rings is 1. The van der Waals surface area contributed by atoms with Crippen molar-refractivity contribution in [3.8, 4) is 0 Å². The lowest BCUT2D eigenvalue weighted by atomic mass is 9.92. The van der Waals surface area contributed by atoms with E-state index in [0.29, 0.717) is 31.1 Å². The molecule has 1 aromatic carbocycles. The van der Waals surface area contributed by atoms with E-state index in [2.05, 4.69) is 10.3 Å². The first kappa shape index (κ1) is 18.4. The second kappa shape index (κ2) is 8.35. The lowest BCUT2D eigenvalue weighted by Crippen LogP contribution is -2.56. The molecule has 1 atom stereocenters. The van der Waals surface area contributed by atoms with E-state index >= 15 is 0 Å². The van der Waals surface area contributed by atoms with Gasteiger partial charge in [-0.05, 0) is 23.8 Å². The molecule has 0 spiro atoms. The Labute approximate surface area is 151 Å². The quantitative estimate of drug-likeness (QED) is 0.817. The number of rotatable bonds is 6. The molecule has 1 amide bonds. The summed E-state index contributed by atoms with van der Waals surface area (Å²) in [6.45, 7) is 1.17. The minimum atomic E-state index is -0.925. The highest BCUT2D eigenvalue weighted by Crippen LogP contribution is 2.24. The summed E-state index contributed by atoms with van der Waals surface area (Å²) >= 11 is 0. The van der Waals surface area contributed by atoms with Crippen molar-refractivity contribution >= 4 is 11.7 Å². The van der Waals surface area contributed by atoms with Gasteiger partial charge in [0.25, 0.3) is 0 Å². The second-order valence-corrected chi connectivity index (χ2v) is 6.43. The van der Waals surface area contributed by atoms with Crippen LogP contribution in [0.1, 0.15) is 5.56 Å². The maximum absolute atomic E-state index is 14.0. The fourth-order valence-electron chi connectivity index (χ4n) is 3.13. The number of carbonyl (C=O) groups excluding carboxylic acids is 1. The lowest BCUT2D eigenvalue weighted by Gasteiger charge is -2.41. The number of nitrogens with one attached hydrogen (secondary N) is 1. The van der Waals surface area contributed by atoms with Crippen LogP contribution in [0.4, 0.5) is 10.2 Å². The molecule has 1 fully saturated rings. The Hall–Kier alpha value is -2.35. The molecular formula is C19H22FN3O3. The van der Waals surface area contributed by atoms with E-state index in [0.717, 1.165) is 0 Å². The van der Waals surface area contributed by atoms with Gasteiger partial charge in [0.05, 0.1) is 19.8 Å². The first-order valence-corrected chi connectivity index (χ1v) is 8.52. The second-order valence-electron chi connectivity index (χ2n) is 6.43. The van der Waals surface area contributed by atoms with Crippen LogP contribution in [0.25, 0.3) is 0 Å². The number of carbonyl (C=O) groups is 1. The standard InChI is InChI=1S/C19H22FN3O3/c20-16-6-2-1-5-15(16)11-19(14-24)13-23(9-10-26-19)12-18(25)22-17-7-3-4-8-21-17/h1-8,24H,9-14H2,(H,21,22,25)/t19-/m1/s1. The van der Waals surface area contributed by atoms with Gasteiger partial charge in [0.1, 0.15) is 17.2 Å². The van der Waals surface area contributed by atoms with Gasteiger partial charge in [-0.2, -0.15) is 0 Å². The van der Waals surface area contributed by atoms with E-state index in [9.17, 15) is 14.3 Å². The first-order chi connectivity index (χ1) is 12.6. The van der Waals surface area contributed by atoms with Crippen molar-refractivity contribution in [3.63, 3.8) is 0 Å². The predicted octanol–water partition coefficient (Wildman–Crippen LogP) is 1.47. The highest BCUT2D eigenvalue weighted by molar-refractivity contribution is 5.91. The summed E-state index contributed by atoms with van der Waals surface area (Å²) < 4.78 is 19.8. The molecule has 1 aliphatic rings. The minimum Gasteiger partial charge on any atom is -0.393 e. The van der Waals surface area contributed by atoms with Crippen molar-refractivity contribution in [3.05, 3.63) is 60.0 Å². The van der Waals surface area contributed by atoms with Crippen LogP contribution in [0.2, 0.25) is 0 Å². The van der Waals surface area contributed by atoms with Gasteiger partial charge in [0, 0.05) is 25.7 Å².